The van der Waals surface area contributed by atoms with Crippen LogP contribution in [0.5, 0.6) is 17.2 Å². The molecule has 4 rings (SSSR count). The summed E-state index contributed by atoms with van der Waals surface area (Å²) >= 11 is 6.17. The van der Waals surface area contributed by atoms with Crippen LogP contribution in [-0.2, 0) is 9.59 Å². The highest BCUT2D eigenvalue weighted by Gasteiger charge is 2.37. The minimum Gasteiger partial charge on any atom is -0.497 e. The van der Waals surface area contributed by atoms with E-state index in [0.717, 1.165) is 16.2 Å². The Balaban J connectivity index is 1.54. The van der Waals surface area contributed by atoms with Crippen LogP contribution < -0.4 is 24.4 Å². The molecule has 0 radical (unpaired) electrons. The number of urea groups is 1. The van der Waals surface area contributed by atoms with Gasteiger partial charge in [-0.2, -0.15) is 0 Å². The maximum atomic E-state index is 13.2. The second-order valence-corrected chi connectivity index (χ2v) is 8.28. The highest BCUT2D eigenvalue weighted by atomic mass is 35.5. The molecule has 0 unspecified atom stereocenters. The predicted octanol–water partition coefficient (Wildman–Crippen LogP) is 4.78. The Morgan fingerprint density at radius 1 is 0.889 bits per heavy atom. The van der Waals surface area contributed by atoms with E-state index in [4.69, 9.17) is 25.8 Å². The number of amides is 4. The molecule has 36 heavy (non-hydrogen) atoms. The summed E-state index contributed by atoms with van der Waals surface area (Å²) in [5.41, 5.74) is 1.58. The lowest BCUT2D eigenvalue weighted by atomic mass is 10.1. The van der Waals surface area contributed by atoms with Gasteiger partial charge in [-0.05, 0) is 67.6 Å². The van der Waals surface area contributed by atoms with Gasteiger partial charge < -0.3 is 14.2 Å². The van der Waals surface area contributed by atoms with Crippen molar-refractivity contribution < 1.29 is 28.6 Å². The second kappa shape index (κ2) is 11.0. The van der Waals surface area contributed by atoms with E-state index in [0.29, 0.717) is 22.1 Å². The predicted molar refractivity (Wildman–Crippen MR) is 136 cm³/mol. The van der Waals surface area contributed by atoms with Crippen molar-refractivity contribution in [2.24, 2.45) is 0 Å². The molecule has 3 aromatic carbocycles. The monoisotopic (exact) mass is 506 g/mol. The number of halogens is 1. The number of rotatable bonds is 8. The smallest absolute Gasteiger partial charge is 0.335 e. The van der Waals surface area contributed by atoms with Gasteiger partial charge in [0.15, 0.2) is 0 Å². The number of carbonyl (C=O) groups excluding carboxylic acids is 3. The normalized spacial score (nSPS) is 14.6. The first-order valence-electron chi connectivity index (χ1n) is 11.0. The molecular weight excluding hydrogens is 484 g/mol. The van der Waals surface area contributed by atoms with Crippen LogP contribution >= 0.6 is 11.6 Å². The molecule has 0 aromatic heterocycles. The van der Waals surface area contributed by atoms with E-state index in [1.54, 1.807) is 42.5 Å². The summed E-state index contributed by atoms with van der Waals surface area (Å²) in [5.74, 6) is 0.0804. The number of aryl methyl sites for hydroxylation is 1. The van der Waals surface area contributed by atoms with Crippen molar-refractivity contribution in [3.63, 3.8) is 0 Å². The molecule has 0 spiro atoms. The van der Waals surface area contributed by atoms with Gasteiger partial charge >= 0.3 is 6.03 Å². The molecule has 1 N–H and O–H groups in total. The van der Waals surface area contributed by atoms with Crippen molar-refractivity contribution in [3.8, 4) is 17.2 Å². The zero-order valence-electron chi connectivity index (χ0n) is 19.6. The van der Waals surface area contributed by atoms with Crippen LogP contribution in [-0.4, -0.2) is 38.2 Å². The summed E-state index contributed by atoms with van der Waals surface area (Å²) in [6.07, 6.45) is 1.35. The van der Waals surface area contributed by atoms with E-state index >= 15 is 0 Å². The number of nitrogens with zero attached hydrogens (tertiary/aromatic N) is 1. The van der Waals surface area contributed by atoms with Gasteiger partial charge in [-0.25, -0.2) is 9.69 Å². The van der Waals surface area contributed by atoms with Gasteiger partial charge in [0.25, 0.3) is 11.8 Å². The van der Waals surface area contributed by atoms with E-state index in [1.165, 1.54) is 13.2 Å². The average Bonchev–Trinajstić information content (AvgIpc) is 2.87. The first-order chi connectivity index (χ1) is 17.4. The third kappa shape index (κ3) is 5.67. The summed E-state index contributed by atoms with van der Waals surface area (Å²) in [5, 5.41) is 2.59. The maximum Gasteiger partial charge on any atom is 0.335 e. The highest BCUT2D eigenvalue weighted by molar-refractivity contribution is 6.39. The molecule has 1 fully saturated rings. The number of carbonyl (C=O) groups is 3. The van der Waals surface area contributed by atoms with Gasteiger partial charge in [0, 0.05) is 10.6 Å². The van der Waals surface area contributed by atoms with Crippen LogP contribution in [0.25, 0.3) is 6.08 Å². The third-order valence-corrected chi connectivity index (χ3v) is 5.57. The van der Waals surface area contributed by atoms with Gasteiger partial charge in [0.1, 0.15) is 36.0 Å². The van der Waals surface area contributed by atoms with Gasteiger partial charge in [-0.1, -0.05) is 29.3 Å². The summed E-state index contributed by atoms with van der Waals surface area (Å²) in [4.78, 5) is 39.1. The molecule has 4 amide bonds. The molecule has 0 bridgehead atoms. The highest BCUT2D eigenvalue weighted by Crippen LogP contribution is 2.28. The third-order valence-electron chi connectivity index (χ3n) is 5.33. The van der Waals surface area contributed by atoms with Crippen molar-refractivity contribution in [1.29, 1.82) is 0 Å². The number of benzene rings is 3. The fourth-order valence-electron chi connectivity index (χ4n) is 3.49. The van der Waals surface area contributed by atoms with Crippen LogP contribution in [0.3, 0.4) is 0 Å². The van der Waals surface area contributed by atoms with Crippen LogP contribution in [0.4, 0.5) is 10.5 Å². The number of nitrogens with one attached hydrogen (secondary N) is 1. The number of hydrogen-bond donors (Lipinski definition) is 1. The molecular formula is C27H23ClN2O6. The van der Waals surface area contributed by atoms with Gasteiger partial charge in [-0.3, -0.25) is 14.9 Å². The number of barbiturate groups is 1. The van der Waals surface area contributed by atoms with Crippen LogP contribution in [0.2, 0.25) is 5.02 Å². The van der Waals surface area contributed by atoms with E-state index in [1.807, 2.05) is 31.2 Å². The van der Waals surface area contributed by atoms with E-state index < -0.39 is 17.8 Å². The summed E-state index contributed by atoms with van der Waals surface area (Å²) in [7, 11) is 1.51. The molecule has 1 aliphatic heterocycles. The lowest BCUT2D eigenvalue weighted by molar-refractivity contribution is -0.122. The first kappa shape index (κ1) is 24.8. The Morgan fingerprint density at radius 3 is 2.25 bits per heavy atom. The number of hydrogen-bond acceptors (Lipinski definition) is 6. The van der Waals surface area contributed by atoms with E-state index in [2.05, 4.69) is 5.32 Å². The lowest BCUT2D eigenvalue weighted by Gasteiger charge is -2.26. The molecule has 8 nitrogen and oxygen atoms in total. The topological polar surface area (TPSA) is 94.2 Å². The van der Waals surface area contributed by atoms with E-state index in [-0.39, 0.29) is 24.5 Å². The molecule has 1 heterocycles. The number of imide groups is 2. The molecule has 9 heteroatoms. The minimum atomic E-state index is -0.844. The van der Waals surface area contributed by atoms with Crippen LogP contribution in [0, 0.1) is 6.92 Å². The van der Waals surface area contributed by atoms with Crippen molar-refractivity contribution in [2.45, 2.75) is 6.92 Å². The zero-order chi connectivity index (χ0) is 25.7. The zero-order valence-corrected chi connectivity index (χ0v) is 20.4. The van der Waals surface area contributed by atoms with Crippen molar-refractivity contribution >= 4 is 41.2 Å². The summed E-state index contributed by atoms with van der Waals surface area (Å²) in [6.45, 7) is 2.48. The molecule has 1 saturated heterocycles. The number of methoxy groups -OCH3 is 1. The SMILES string of the molecule is COc1ccc(N2C(=O)NC(=O)/C(=C/c3cc(Cl)ccc3OCCOc3ccc(C)cc3)C2=O)cc1. The van der Waals surface area contributed by atoms with Gasteiger partial charge in [0.2, 0.25) is 0 Å². The van der Waals surface area contributed by atoms with Crippen LogP contribution in [0.1, 0.15) is 11.1 Å². The second-order valence-electron chi connectivity index (χ2n) is 7.85. The Bertz CT molecular complexity index is 1320. The maximum absolute atomic E-state index is 13.2. The number of anilines is 1. The largest absolute Gasteiger partial charge is 0.497 e. The fraction of sp³-hybridized carbons (Fsp3) is 0.148. The van der Waals surface area contributed by atoms with Crippen molar-refractivity contribution in [2.75, 3.05) is 25.2 Å². The molecule has 184 valence electrons. The average molecular weight is 507 g/mol. The Labute approximate surface area is 213 Å². The Hall–Kier alpha value is -4.30. The number of ether oxygens (including phenoxy) is 3. The molecule has 0 atom stereocenters. The first-order valence-corrected chi connectivity index (χ1v) is 11.4. The quantitative estimate of drug-likeness (QED) is 0.268. The fourth-order valence-corrected chi connectivity index (χ4v) is 3.67. The molecule has 3 aromatic rings. The van der Waals surface area contributed by atoms with Crippen LogP contribution in [0.15, 0.2) is 72.3 Å². The Kier molecular flexibility index (Phi) is 7.56. The van der Waals surface area contributed by atoms with Crippen molar-refractivity contribution in [1.82, 2.24) is 5.32 Å². The molecule has 0 aliphatic carbocycles. The summed E-state index contributed by atoms with van der Waals surface area (Å²) in [6, 6.07) is 18.0. The molecule has 0 saturated carbocycles. The van der Waals surface area contributed by atoms with Gasteiger partial charge in [-0.15, -0.1) is 0 Å². The van der Waals surface area contributed by atoms with E-state index in [9.17, 15) is 14.4 Å². The lowest BCUT2D eigenvalue weighted by Crippen LogP contribution is -2.54. The molecule has 1 aliphatic rings. The minimum absolute atomic E-state index is 0.211. The summed E-state index contributed by atoms with van der Waals surface area (Å²) < 4.78 is 16.6. The standard InChI is InChI=1S/C27H23ClN2O6/c1-17-3-8-22(9-4-17)35-13-14-36-24-12-5-19(28)15-18(24)16-23-25(31)29-27(33)30(26(23)32)20-6-10-21(34-2)11-7-20/h3-12,15-16H,13-14H2,1-2H3,(H,29,31,33)/b23-16-. The van der Waals surface area contributed by atoms with Crippen molar-refractivity contribution in [3.05, 3.63) is 88.5 Å². The van der Waals surface area contributed by atoms with Gasteiger partial charge in [0.05, 0.1) is 12.8 Å². The Morgan fingerprint density at radius 2 is 1.56 bits per heavy atom.